The Hall–Kier alpha value is -1.69. The Kier molecular flexibility index (Phi) is 4.39. The van der Waals surface area contributed by atoms with Gasteiger partial charge in [0, 0.05) is 12.6 Å². The van der Waals surface area contributed by atoms with Crippen LogP contribution in [0, 0.1) is 5.41 Å². The third-order valence-corrected chi connectivity index (χ3v) is 2.46. The normalized spacial score (nSPS) is 11.2. The van der Waals surface area contributed by atoms with Crippen LogP contribution >= 0.6 is 0 Å². The minimum atomic E-state index is -0.329. The maximum atomic E-state index is 11.7. The van der Waals surface area contributed by atoms with Gasteiger partial charge in [0.25, 0.3) is 11.5 Å². The smallest absolute Gasteiger partial charge is 0.271 e. The highest BCUT2D eigenvalue weighted by Crippen LogP contribution is 2.17. The molecule has 0 aliphatic carbocycles. The molecule has 0 aliphatic heterocycles. The Morgan fingerprint density at radius 2 is 2.24 bits per heavy atom. The number of carbonyl (C=O) groups is 1. The summed E-state index contributed by atoms with van der Waals surface area (Å²) in [7, 11) is 0. The minimum absolute atomic E-state index is 0.0490. The SMILES string of the molecule is CC(C)(CCN)CNC(=O)c1ccc(=O)[nH]n1. The van der Waals surface area contributed by atoms with E-state index in [2.05, 4.69) is 15.5 Å². The maximum absolute atomic E-state index is 11.7. The van der Waals surface area contributed by atoms with Crippen molar-refractivity contribution >= 4 is 5.91 Å². The molecule has 6 nitrogen and oxygen atoms in total. The van der Waals surface area contributed by atoms with Gasteiger partial charge in [0.15, 0.2) is 0 Å². The van der Waals surface area contributed by atoms with E-state index in [9.17, 15) is 9.59 Å². The van der Waals surface area contributed by atoms with E-state index in [-0.39, 0.29) is 22.6 Å². The van der Waals surface area contributed by atoms with Gasteiger partial charge in [0.1, 0.15) is 5.69 Å². The summed E-state index contributed by atoms with van der Waals surface area (Å²) in [4.78, 5) is 22.5. The van der Waals surface area contributed by atoms with Crippen molar-refractivity contribution in [2.45, 2.75) is 20.3 Å². The van der Waals surface area contributed by atoms with Crippen LogP contribution in [0.3, 0.4) is 0 Å². The fourth-order valence-electron chi connectivity index (χ4n) is 1.36. The van der Waals surface area contributed by atoms with Crippen LogP contribution < -0.4 is 16.6 Å². The second kappa shape index (κ2) is 5.58. The molecule has 0 unspecified atom stereocenters. The molecule has 1 aromatic rings. The van der Waals surface area contributed by atoms with E-state index in [1.165, 1.54) is 12.1 Å². The molecule has 1 rings (SSSR count). The first-order valence-corrected chi connectivity index (χ1v) is 5.49. The number of amides is 1. The third-order valence-electron chi connectivity index (χ3n) is 2.46. The van der Waals surface area contributed by atoms with E-state index in [1.807, 2.05) is 13.8 Å². The van der Waals surface area contributed by atoms with Gasteiger partial charge in [-0.25, -0.2) is 5.10 Å². The summed E-state index contributed by atoms with van der Waals surface area (Å²) >= 11 is 0. The Morgan fingerprint density at radius 1 is 1.53 bits per heavy atom. The van der Waals surface area contributed by atoms with Gasteiger partial charge in [0.2, 0.25) is 0 Å². The molecule has 6 heteroatoms. The number of nitrogens with two attached hydrogens (primary N) is 1. The molecule has 94 valence electrons. The Morgan fingerprint density at radius 3 is 2.76 bits per heavy atom. The molecule has 0 atom stereocenters. The Labute approximate surface area is 99.6 Å². The fraction of sp³-hybridized carbons (Fsp3) is 0.545. The number of aromatic amines is 1. The maximum Gasteiger partial charge on any atom is 0.271 e. The number of nitrogens with one attached hydrogen (secondary N) is 2. The molecule has 1 amide bonds. The predicted molar refractivity (Wildman–Crippen MR) is 64.6 cm³/mol. The van der Waals surface area contributed by atoms with Crippen molar-refractivity contribution in [3.8, 4) is 0 Å². The van der Waals surface area contributed by atoms with Gasteiger partial charge >= 0.3 is 0 Å². The van der Waals surface area contributed by atoms with Crippen molar-refractivity contribution in [1.29, 1.82) is 0 Å². The molecule has 0 aromatic carbocycles. The van der Waals surface area contributed by atoms with Crippen LogP contribution in [0.25, 0.3) is 0 Å². The monoisotopic (exact) mass is 238 g/mol. The lowest BCUT2D eigenvalue weighted by Gasteiger charge is -2.23. The molecule has 0 bridgehead atoms. The van der Waals surface area contributed by atoms with Crippen molar-refractivity contribution in [1.82, 2.24) is 15.5 Å². The lowest BCUT2D eigenvalue weighted by molar-refractivity contribution is 0.0929. The number of nitrogens with zero attached hydrogens (tertiary/aromatic N) is 1. The van der Waals surface area contributed by atoms with Gasteiger partial charge in [-0.1, -0.05) is 13.8 Å². The summed E-state index contributed by atoms with van der Waals surface area (Å²) in [6.45, 7) is 5.16. The van der Waals surface area contributed by atoms with Crippen molar-refractivity contribution in [3.63, 3.8) is 0 Å². The van der Waals surface area contributed by atoms with Crippen LogP contribution in [-0.2, 0) is 0 Å². The molecular formula is C11H18N4O2. The van der Waals surface area contributed by atoms with E-state index in [0.717, 1.165) is 6.42 Å². The molecule has 1 aromatic heterocycles. The summed E-state index contributed by atoms with van der Waals surface area (Å²) in [6, 6.07) is 2.66. The molecule has 17 heavy (non-hydrogen) atoms. The summed E-state index contributed by atoms with van der Waals surface area (Å²) in [6.07, 6.45) is 0.826. The molecular weight excluding hydrogens is 220 g/mol. The van der Waals surface area contributed by atoms with Crippen LogP contribution in [0.15, 0.2) is 16.9 Å². The largest absolute Gasteiger partial charge is 0.350 e. The van der Waals surface area contributed by atoms with E-state index in [0.29, 0.717) is 13.1 Å². The first-order valence-electron chi connectivity index (χ1n) is 5.49. The number of hydrogen-bond donors (Lipinski definition) is 3. The van der Waals surface area contributed by atoms with Crippen LogP contribution in [0.4, 0.5) is 0 Å². The number of carbonyl (C=O) groups excluding carboxylic acids is 1. The van der Waals surface area contributed by atoms with Crippen LogP contribution in [0.5, 0.6) is 0 Å². The van der Waals surface area contributed by atoms with Gasteiger partial charge in [-0.15, -0.1) is 0 Å². The van der Waals surface area contributed by atoms with Gasteiger partial charge in [0.05, 0.1) is 0 Å². The van der Waals surface area contributed by atoms with Crippen molar-refractivity contribution < 1.29 is 4.79 Å². The zero-order valence-corrected chi connectivity index (χ0v) is 10.1. The third kappa shape index (κ3) is 4.36. The first kappa shape index (κ1) is 13.4. The summed E-state index contributed by atoms with van der Waals surface area (Å²) in [5.41, 5.74) is 5.31. The highest BCUT2D eigenvalue weighted by molar-refractivity contribution is 5.91. The molecule has 0 fully saturated rings. The van der Waals surface area contributed by atoms with E-state index in [4.69, 9.17) is 5.73 Å². The highest BCUT2D eigenvalue weighted by Gasteiger charge is 2.18. The second-order valence-corrected chi connectivity index (χ2v) is 4.69. The number of hydrogen-bond acceptors (Lipinski definition) is 4. The van der Waals surface area contributed by atoms with Crippen molar-refractivity contribution in [2.24, 2.45) is 11.1 Å². The molecule has 1 heterocycles. The molecule has 0 radical (unpaired) electrons. The van der Waals surface area contributed by atoms with E-state index in [1.54, 1.807) is 0 Å². The van der Waals surface area contributed by atoms with Crippen LogP contribution in [0.1, 0.15) is 30.8 Å². The minimum Gasteiger partial charge on any atom is -0.350 e. The fourth-order valence-corrected chi connectivity index (χ4v) is 1.36. The average molecular weight is 238 g/mol. The zero-order chi connectivity index (χ0) is 12.9. The summed E-state index contributed by atoms with van der Waals surface area (Å²) in [5.74, 6) is -0.300. The Balaban J connectivity index is 2.55. The molecule has 0 saturated heterocycles. The van der Waals surface area contributed by atoms with Gasteiger partial charge < -0.3 is 11.1 Å². The molecule has 4 N–H and O–H groups in total. The van der Waals surface area contributed by atoms with Gasteiger partial charge in [-0.3, -0.25) is 9.59 Å². The van der Waals surface area contributed by atoms with Crippen LogP contribution in [0.2, 0.25) is 0 Å². The first-order chi connectivity index (χ1) is 7.94. The van der Waals surface area contributed by atoms with Crippen molar-refractivity contribution in [2.75, 3.05) is 13.1 Å². The average Bonchev–Trinajstić information content (AvgIpc) is 2.27. The van der Waals surface area contributed by atoms with Crippen LogP contribution in [-0.4, -0.2) is 29.2 Å². The number of rotatable bonds is 5. The lowest BCUT2D eigenvalue weighted by atomic mass is 9.89. The van der Waals surface area contributed by atoms with Crippen molar-refractivity contribution in [3.05, 3.63) is 28.2 Å². The van der Waals surface area contributed by atoms with Gasteiger partial charge in [-0.2, -0.15) is 5.10 Å². The van der Waals surface area contributed by atoms with E-state index >= 15 is 0 Å². The highest BCUT2D eigenvalue weighted by atomic mass is 16.2. The lowest BCUT2D eigenvalue weighted by Crippen LogP contribution is -2.35. The Bertz CT molecular complexity index is 419. The standard InChI is InChI=1S/C11H18N4O2/c1-11(2,5-6-12)7-13-10(17)8-3-4-9(16)15-14-8/h3-4H,5-7,12H2,1-2H3,(H,13,17)(H,15,16). The quantitative estimate of drug-likeness (QED) is 0.665. The topological polar surface area (TPSA) is 101 Å². The summed E-state index contributed by atoms with van der Waals surface area (Å²) < 4.78 is 0. The summed E-state index contributed by atoms with van der Waals surface area (Å²) in [5, 5.41) is 8.63. The second-order valence-electron chi connectivity index (χ2n) is 4.69. The zero-order valence-electron chi connectivity index (χ0n) is 10.1. The van der Waals surface area contributed by atoms with Gasteiger partial charge in [-0.05, 0) is 24.4 Å². The molecule has 0 saturated carbocycles. The number of aromatic nitrogens is 2. The number of H-pyrrole nitrogens is 1. The van der Waals surface area contributed by atoms with E-state index < -0.39 is 0 Å². The predicted octanol–water partition coefficient (Wildman–Crippen LogP) is -0.125. The molecule has 0 aliphatic rings. The molecule has 0 spiro atoms.